The predicted octanol–water partition coefficient (Wildman–Crippen LogP) is 2.18. The molecule has 0 radical (unpaired) electrons. The molecule has 104 valence electrons. The van der Waals surface area contributed by atoms with Gasteiger partial charge in [0.05, 0.1) is 32.3 Å². The minimum Gasteiger partial charge on any atom is -0.399 e. The van der Waals surface area contributed by atoms with Gasteiger partial charge in [-0.05, 0) is 33.8 Å². The Morgan fingerprint density at radius 1 is 0.895 bits per heavy atom. The van der Waals surface area contributed by atoms with E-state index in [9.17, 15) is 0 Å². The molecule has 0 unspecified atom stereocenters. The average Bonchev–Trinajstić information content (AvgIpc) is 2.47. The van der Waals surface area contributed by atoms with Gasteiger partial charge in [-0.2, -0.15) is 0 Å². The van der Waals surface area contributed by atoms with E-state index in [0.717, 1.165) is 9.95 Å². The van der Waals surface area contributed by atoms with E-state index in [2.05, 4.69) is 67.0 Å². The van der Waals surface area contributed by atoms with Crippen molar-refractivity contribution in [3.63, 3.8) is 0 Å². The van der Waals surface area contributed by atoms with Crippen molar-refractivity contribution in [2.45, 2.75) is 38.9 Å². The summed E-state index contributed by atoms with van der Waals surface area (Å²) in [7, 11) is 6.18. The van der Waals surface area contributed by atoms with Crippen LogP contribution >= 0.6 is 0 Å². The van der Waals surface area contributed by atoms with E-state index in [1.165, 1.54) is 5.69 Å². The lowest BCUT2D eigenvalue weighted by atomic mass is 9.77. The molecule has 1 fully saturated rings. The van der Waals surface area contributed by atoms with Crippen LogP contribution in [0.15, 0.2) is 24.3 Å². The van der Waals surface area contributed by atoms with E-state index in [1.54, 1.807) is 0 Å². The molecule has 0 atom stereocenters. The van der Waals surface area contributed by atoms with Gasteiger partial charge in [-0.1, -0.05) is 18.2 Å². The van der Waals surface area contributed by atoms with Gasteiger partial charge in [0.25, 0.3) is 0 Å². The average molecular weight is 262 g/mol. The van der Waals surface area contributed by atoms with Crippen molar-refractivity contribution in [2.24, 2.45) is 0 Å². The molecule has 0 saturated carbocycles. The highest BCUT2D eigenvalue weighted by Crippen LogP contribution is 2.37. The lowest BCUT2D eigenvalue weighted by molar-refractivity contribution is 0.00578. The highest BCUT2D eigenvalue weighted by Gasteiger charge is 2.53. The summed E-state index contributed by atoms with van der Waals surface area (Å²) < 4.78 is 13.1. The Labute approximate surface area is 117 Å². The van der Waals surface area contributed by atoms with Gasteiger partial charge in [-0.25, -0.2) is 0 Å². The molecule has 0 aromatic heterocycles. The molecule has 0 amide bonds. The topological polar surface area (TPSA) is 18.5 Å². The Balaban J connectivity index is 2.41. The molecule has 2 rings (SSSR count). The molecule has 4 heteroatoms. The summed E-state index contributed by atoms with van der Waals surface area (Å²) in [5.74, 6) is 0. The van der Waals surface area contributed by atoms with Gasteiger partial charge in [0.15, 0.2) is 0 Å². The van der Waals surface area contributed by atoms with Crippen LogP contribution in [0.25, 0.3) is 0 Å². The summed E-state index contributed by atoms with van der Waals surface area (Å²) in [5.41, 5.74) is 1.75. The monoisotopic (exact) mass is 262 g/mol. The molecule has 1 aromatic rings. The SMILES string of the molecule is CC1(C)OB(c2ccccc2[N+](C)(C)C)OC1(C)C. The summed E-state index contributed by atoms with van der Waals surface area (Å²) in [6.45, 7) is 8.34. The van der Waals surface area contributed by atoms with Crippen LogP contribution < -0.4 is 9.95 Å². The fourth-order valence-electron chi connectivity index (χ4n) is 2.27. The molecule has 3 nitrogen and oxygen atoms in total. The van der Waals surface area contributed by atoms with Gasteiger partial charge in [0.2, 0.25) is 0 Å². The summed E-state index contributed by atoms with van der Waals surface area (Å²) in [4.78, 5) is 0. The molecule has 1 aromatic carbocycles. The Hall–Kier alpha value is -0.835. The van der Waals surface area contributed by atoms with Crippen molar-refractivity contribution in [3.05, 3.63) is 24.3 Å². The van der Waals surface area contributed by atoms with Crippen LogP contribution in [-0.2, 0) is 9.31 Å². The number of hydrogen-bond donors (Lipinski definition) is 0. The highest BCUT2D eigenvalue weighted by atomic mass is 16.7. The van der Waals surface area contributed by atoms with Gasteiger partial charge >= 0.3 is 7.12 Å². The number of benzene rings is 1. The zero-order valence-electron chi connectivity index (χ0n) is 13.2. The zero-order chi connectivity index (χ0) is 14.5. The van der Waals surface area contributed by atoms with E-state index in [1.807, 2.05) is 6.07 Å². The second kappa shape index (κ2) is 4.34. The third kappa shape index (κ3) is 2.57. The maximum absolute atomic E-state index is 6.15. The predicted molar refractivity (Wildman–Crippen MR) is 81.7 cm³/mol. The van der Waals surface area contributed by atoms with Crippen LogP contribution in [0.1, 0.15) is 27.7 Å². The quantitative estimate of drug-likeness (QED) is 0.601. The molecule has 1 saturated heterocycles. The summed E-state index contributed by atoms with van der Waals surface area (Å²) in [6, 6.07) is 8.34. The highest BCUT2D eigenvalue weighted by molar-refractivity contribution is 6.63. The Kier molecular flexibility index (Phi) is 3.32. The third-order valence-electron chi connectivity index (χ3n) is 4.17. The molecule has 0 N–H and O–H groups in total. The second-order valence-corrected chi connectivity index (χ2v) is 7.16. The van der Waals surface area contributed by atoms with Crippen molar-refractivity contribution in [1.82, 2.24) is 4.48 Å². The first kappa shape index (κ1) is 14.6. The second-order valence-electron chi connectivity index (χ2n) is 7.16. The number of rotatable bonds is 2. The van der Waals surface area contributed by atoms with Crippen molar-refractivity contribution >= 4 is 18.3 Å². The maximum atomic E-state index is 6.15. The van der Waals surface area contributed by atoms with E-state index in [0.29, 0.717) is 0 Å². The summed E-state index contributed by atoms with van der Waals surface area (Å²) in [6.07, 6.45) is 0. The largest absolute Gasteiger partial charge is 0.500 e. The van der Waals surface area contributed by atoms with Gasteiger partial charge in [0, 0.05) is 5.46 Å². The van der Waals surface area contributed by atoms with Crippen LogP contribution in [-0.4, -0.2) is 39.5 Å². The van der Waals surface area contributed by atoms with Crippen LogP contribution in [0.4, 0.5) is 5.69 Å². The molecular weight excluding hydrogens is 237 g/mol. The van der Waals surface area contributed by atoms with Crippen molar-refractivity contribution in [3.8, 4) is 0 Å². The molecule has 1 heterocycles. The standard InChI is InChI=1S/C15H25BNO2/c1-14(2)15(3,4)19-16(18-14)12-10-8-9-11-13(12)17(5,6)7/h8-11H,1-7H3/q+1. The van der Waals surface area contributed by atoms with Gasteiger partial charge in [-0.3, -0.25) is 4.48 Å². The first-order valence-corrected chi connectivity index (χ1v) is 6.81. The molecule has 0 aliphatic carbocycles. The summed E-state index contributed by atoms with van der Waals surface area (Å²) >= 11 is 0. The van der Waals surface area contributed by atoms with Gasteiger partial charge in [0.1, 0.15) is 5.69 Å². The minimum atomic E-state index is -0.296. The van der Waals surface area contributed by atoms with E-state index in [-0.39, 0.29) is 18.3 Å². The number of para-hydroxylation sites is 1. The van der Waals surface area contributed by atoms with Crippen LogP contribution in [0, 0.1) is 0 Å². The number of quaternary nitrogens is 1. The lowest BCUT2D eigenvalue weighted by Gasteiger charge is -2.32. The van der Waals surface area contributed by atoms with Gasteiger partial charge in [-0.15, -0.1) is 0 Å². The van der Waals surface area contributed by atoms with Crippen LogP contribution in [0.2, 0.25) is 0 Å². The van der Waals surface area contributed by atoms with E-state index >= 15 is 0 Å². The van der Waals surface area contributed by atoms with E-state index in [4.69, 9.17) is 9.31 Å². The number of hydrogen-bond acceptors (Lipinski definition) is 2. The molecule has 19 heavy (non-hydrogen) atoms. The fourth-order valence-corrected chi connectivity index (χ4v) is 2.27. The van der Waals surface area contributed by atoms with Crippen molar-refractivity contribution in [1.29, 1.82) is 0 Å². The van der Waals surface area contributed by atoms with Crippen molar-refractivity contribution in [2.75, 3.05) is 21.1 Å². The zero-order valence-corrected chi connectivity index (χ0v) is 13.2. The Bertz CT molecular complexity index is 461. The summed E-state index contributed by atoms with van der Waals surface area (Å²) in [5, 5.41) is 0. The minimum absolute atomic E-state index is 0.293. The van der Waals surface area contributed by atoms with Crippen molar-refractivity contribution < 1.29 is 9.31 Å². The third-order valence-corrected chi connectivity index (χ3v) is 4.17. The maximum Gasteiger partial charge on any atom is 0.500 e. The van der Waals surface area contributed by atoms with E-state index < -0.39 is 0 Å². The lowest BCUT2D eigenvalue weighted by Crippen LogP contribution is -2.45. The molecule has 1 aliphatic rings. The molecule has 0 bridgehead atoms. The first-order chi connectivity index (χ1) is 8.55. The Morgan fingerprint density at radius 3 is 1.84 bits per heavy atom. The fraction of sp³-hybridized carbons (Fsp3) is 0.600. The van der Waals surface area contributed by atoms with Crippen LogP contribution in [0.3, 0.4) is 0 Å². The number of nitrogens with zero attached hydrogens (tertiary/aromatic N) is 1. The normalized spacial score (nSPS) is 21.7. The Morgan fingerprint density at radius 2 is 1.37 bits per heavy atom. The van der Waals surface area contributed by atoms with Gasteiger partial charge < -0.3 is 9.31 Å². The molecular formula is C15H25BNO2+. The molecule has 0 spiro atoms. The van der Waals surface area contributed by atoms with Crippen LogP contribution in [0.5, 0.6) is 0 Å². The first-order valence-electron chi connectivity index (χ1n) is 6.81. The molecule has 1 aliphatic heterocycles. The smallest absolute Gasteiger partial charge is 0.399 e.